The second-order valence-electron chi connectivity index (χ2n) is 6.16. The van der Waals surface area contributed by atoms with Crippen LogP contribution in [0.15, 0.2) is 60.4 Å². The summed E-state index contributed by atoms with van der Waals surface area (Å²) in [5.41, 5.74) is 2.40. The molecule has 0 spiro atoms. The highest BCUT2D eigenvalue weighted by Crippen LogP contribution is 2.29. The Morgan fingerprint density at radius 1 is 1.11 bits per heavy atom. The molecule has 1 aliphatic heterocycles. The summed E-state index contributed by atoms with van der Waals surface area (Å²) in [6.07, 6.45) is 9.81. The van der Waals surface area contributed by atoms with Gasteiger partial charge in [-0.2, -0.15) is 9.40 Å². The van der Waals surface area contributed by atoms with E-state index >= 15 is 0 Å². The first-order valence-electron chi connectivity index (χ1n) is 8.21. The van der Waals surface area contributed by atoms with Gasteiger partial charge in [0.15, 0.2) is 0 Å². The predicted octanol–water partition coefficient (Wildman–Crippen LogP) is 1.30. The summed E-state index contributed by atoms with van der Waals surface area (Å²) in [7, 11) is -3.53. The largest absolute Gasteiger partial charge is 0.346 e. The van der Waals surface area contributed by atoms with E-state index in [0.717, 1.165) is 28.3 Å². The maximum absolute atomic E-state index is 12.6. The number of aromatic amines is 1. The number of pyridine rings is 1. The van der Waals surface area contributed by atoms with Gasteiger partial charge >= 0.3 is 0 Å². The van der Waals surface area contributed by atoms with Crippen molar-refractivity contribution in [3.63, 3.8) is 0 Å². The van der Waals surface area contributed by atoms with Crippen molar-refractivity contribution in [2.45, 2.75) is 4.90 Å². The summed E-state index contributed by atoms with van der Waals surface area (Å²) in [5, 5.41) is 5.28. The lowest BCUT2D eigenvalue weighted by Gasteiger charge is -2.36. The molecule has 135 valence electrons. The highest BCUT2D eigenvalue weighted by molar-refractivity contribution is 7.89. The molecule has 10 heteroatoms. The Hall–Kier alpha value is -3.11. The Kier molecular flexibility index (Phi) is 3.55. The topological polar surface area (TPSA) is 110 Å². The highest BCUT2D eigenvalue weighted by atomic mass is 32.2. The van der Waals surface area contributed by atoms with Gasteiger partial charge in [-0.3, -0.25) is 9.67 Å². The molecule has 0 saturated carbocycles. The number of rotatable bonds is 4. The van der Waals surface area contributed by atoms with Crippen LogP contribution >= 0.6 is 0 Å². The van der Waals surface area contributed by atoms with E-state index in [1.54, 1.807) is 29.2 Å². The first-order valence-corrected chi connectivity index (χ1v) is 9.65. The van der Waals surface area contributed by atoms with Crippen molar-refractivity contribution in [2.24, 2.45) is 0 Å². The first kappa shape index (κ1) is 16.1. The number of H-pyrrole nitrogens is 1. The molecule has 5 rings (SSSR count). The fraction of sp³-hybridized carbons (Fsp3) is 0.118. The third-order valence-corrected chi connectivity index (χ3v) is 6.30. The van der Waals surface area contributed by atoms with E-state index in [9.17, 15) is 8.42 Å². The van der Waals surface area contributed by atoms with E-state index in [1.165, 1.54) is 16.8 Å². The molecule has 0 amide bonds. The van der Waals surface area contributed by atoms with Crippen LogP contribution in [-0.4, -0.2) is 55.5 Å². The van der Waals surface area contributed by atoms with E-state index in [2.05, 4.69) is 25.0 Å². The standard InChI is InChI=1S/C17H14N7O2S/c25-27(26,14-2-1-4-18-7-14)23-9-13(10-23)24-8-12(6-22-24)16-15-3-5-19-17(15)21-11-20-16/h1-8,11H,9-10H2,(H,19,20,21). The zero-order chi connectivity index (χ0) is 18.4. The minimum Gasteiger partial charge on any atom is -0.346 e. The number of sulfonamides is 1. The number of hydrogen-bond acceptors (Lipinski definition) is 6. The lowest BCUT2D eigenvalue weighted by Crippen LogP contribution is -2.51. The number of hydrogen-bond donors (Lipinski definition) is 1. The van der Waals surface area contributed by atoms with E-state index in [1.807, 2.05) is 18.5 Å². The van der Waals surface area contributed by atoms with Crippen molar-refractivity contribution >= 4 is 21.1 Å². The van der Waals surface area contributed by atoms with Gasteiger partial charge in [-0.15, -0.1) is 0 Å². The van der Waals surface area contributed by atoms with E-state index in [4.69, 9.17) is 0 Å². The average molecular weight is 380 g/mol. The molecular weight excluding hydrogens is 366 g/mol. The van der Waals surface area contributed by atoms with Crippen LogP contribution < -0.4 is 0 Å². The zero-order valence-corrected chi connectivity index (χ0v) is 14.8. The number of nitrogens with one attached hydrogen (secondary N) is 1. The Morgan fingerprint density at radius 2 is 2.00 bits per heavy atom. The van der Waals surface area contributed by atoms with Gasteiger partial charge < -0.3 is 4.98 Å². The minimum atomic E-state index is -3.53. The summed E-state index contributed by atoms with van der Waals surface area (Å²) in [6.45, 7) is 0.587. The van der Waals surface area contributed by atoms with Gasteiger partial charge in [0, 0.05) is 48.8 Å². The van der Waals surface area contributed by atoms with Crippen molar-refractivity contribution in [2.75, 3.05) is 13.1 Å². The molecule has 1 radical (unpaired) electrons. The van der Waals surface area contributed by atoms with Crippen LogP contribution in [0.3, 0.4) is 0 Å². The van der Waals surface area contributed by atoms with Crippen LogP contribution in [0.4, 0.5) is 0 Å². The van der Waals surface area contributed by atoms with Crippen molar-refractivity contribution < 1.29 is 8.42 Å². The quantitative estimate of drug-likeness (QED) is 0.571. The minimum absolute atomic E-state index is 0.195. The highest BCUT2D eigenvalue weighted by Gasteiger charge is 2.39. The summed E-state index contributed by atoms with van der Waals surface area (Å²) < 4.78 is 28.2. The maximum atomic E-state index is 12.6. The molecule has 9 nitrogen and oxygen atoms in total. The Bertz CT molecular complexity index is 1210. The van der Waals surface area contributed by atoms with Crippen LogP contribution in [0.1, 0.15) is 0 Å². The zero-order valence-electron chi connectivity index (χ0n) is 14.0. The van der Waals surface area contributed by atoms with Gasteiger partial charge in [-0.1, -0.05) is 0 Å². The van der Waals surface area contributed by atoms with Crippen LogP contribution in [0.25, 0.3) is 22.3 Å². The van der Waals surface area contributed by atoms with Crippen LogP contribution in [0.2, 0.25) is 0 Å². The Labute approximate surface area is 154 Å². The molecule has 4 aromatic rings. The maximum Gasteiger partial charge on any atom is 0.244 e. The fourth-order valence-corrected chi connectivity index (χ4v) is 4.43. The second kappa shape index (κ2) is 5.96. The summed E-state index contributed by atoms with van der Waals surface area (Å²) in [6, 6.07) is 5.97. The molecule has 0 atom stereocenters. The summed E-state index contributed by atoms with van der Waals surface area (Å²) >= 11 is 0. The molecule has 27 heavy (non-hydrogen) atoms. The number of fused-ring (bicyclic) bond motifs is 1. The van der Waals surface area contributed by atoms with Gasteiger partial charge in [-0.25, -0.2) is 18.4 Å². The normalized spacial score (nSPS) is 15.9. The number of aromatic nitrogens is 6. The summed E-state index contributed by atoms with van der Waals surface area (Å²) in [4.78, 5) is 15.7. The first-order chi connectivity index (χ1) is 13.1. The van der Waals surface area contributed by atoms with E-state index < -0.39 is 10.0 Å². The molecule has 0 aromatic carbocycles. The molecule has 1 saturated heterocycles. The lowest BCUT2D eigenvalue weighted by atomic mass is 10.1. The van der Waals surface area contributed by atoms with E-state index in [0.29, 0.717) is 13.1 Å². The van der Waals surface area contributed by atoms with Crippen molar-refractivity contribution in [1.82, 2.24) is 34.0 Å². The number of nitrogens with zero attached hydrogens (tertiary/aromatic N) is 6. The van der Waals surface area contributed by atoms with E-state index in [-0.39, 0.29) is 4.90 Å². The molecule has 0 unspecified atom stereocenters. The smallest absolute Gasteiger partial charge is 0.244 e. The molecule has 5 heterocycles. The van der Waals surface area contributed by atoms with Crippen molar-refractivity contribution in [3.8, 4) is 11.3 Å². The van der Waals surface area contributed by atoms with Crippen LogP contribution in [0, 0.1) is 6.04 Å². The molecule has 1 N–H and O–H groups in total. The van der Waals surface area contributed by atoms with Gasteiger partial charge in [0.25, 0.3) is 0 Å². The van der Waals surface area contributed by atoms with Gasteiger partial charge in [0.05, 0.1) is 11.9 Å². The monoisotopic (exact) mass is 380 g/mol. The lowest BCUT2D eigenvalue weighted by molar-refractivity contribution is 0.303. The third-order valence-electron chi connectivity index (χ3n) is 4.52. The van der Waals surface area contributed by atoms with Gasteiger partial charge in [0.2, 0.25) is 10.0 Å². The summed E-state index contributed by atoms with van der Waals surface area (Å²) in [5.74, 6) is 0. The molecule has 1 fully saturated rings. The second-order valence-corrected chi connectivity index (χ2v) is 8.10. The predicted molar refractivity (Wildman–Crippen MR) is 96.7 cm³/mol. The SMILES string of the molecule is O=S(=O)(c1cccnc1)N1C[C](n2cc(-c3ncnc4[nH]ccc34)cn2)C1. The van der Waals surface area contributed by atoms with Gasteiger partial charge in [0.1, 0.15) is 22.9 Å². The van der Waals surface area contributed by atoms with Crippen molar-refractivity contribution in [3.05, 3.63) is 61.6 Å². The van der Waals surface area contributed by atoms with Crippen LogP contribution in [0.5, 0.6) is 0 Å². The third kappa shape index (κ3) is 2.61. The molecule has 1 aliphatic rings. The average Bonchev–Trinajstić information content (AvgIpc) is 3.30. The van der Waals surface area contributed by atoms with Crippen molar-refractivity contribution in [1.29, 1.82) is 0 Å². The Balaban J connectivity index is 1.36. The molecule has 4 aromatic heterocycles. The molecule has 0 bridgehead atoms. The van der Waals surface area contributed by atoms with Gasteiger partial charge in [-0.05, 0) is 18.2 Å². The molecule has 0 aliphatic carbocycles. The van der Waals surface area contributed by atoms with Crippen LogP contribution in [-0.2, 0) is 10.0 Å². The Morgan fingerprint density at radius 3 is 2.81 bits per heavy atom. The molecular formula is C17H14N7O2S. The fourth-order valence-electron chi connectivity index (χ4n) is 3.04.